The average molecular weight is 450 g/mol. The number of carbonyl (C=O) groups is 3. The number of benzene rings is 1. The van der Waals surface area contributed by atoms with Crippen molar-refractivity contribution in [2.45, 2.75) is 76.0 Å². The molecule has 6 nitrogen and oxygen atoms in total. The third-order valence-corrected chi connectivity index (χ3v) is 6.28. The number of imide groups is 1. The number of rotatable bonds is 10. The topological polar surface area (TPSA) is 78.5 Å². The molecule has 2 saturated heterocycles. The number of piperidine rings is 2. The normalized spacial score (nSPS) is 21.2. The minimum Gasteiger partial charge on any atom is -0.326 e. The van der Waals surface area contributed by atoms with Gasteiger partial charge in [-0.25, -0.2) is 8.78 Å². The molecule has 2 aliphatic heterocycles. The van der Waals surface area contributed by atoms with Gasteiger partial charge in [0.25, 0.3) is 5.92 Å². The van der Waals surface area contributed by atoms with E-state index in [1.807, 2.05) is 6.07 Å². The number of hydrogen-bond acceptors (Lipinski definition) is 4. The van der Waals surface area contributed by atoms with E-state index in [0.717, 1.165) is 44.2 Å². The van der Waals surface area contributed by atoms with Crippen LogP contribution in [-0.4, -0.2) is 48.2 Å². The van der Waals surface area contributed by atoms with E-state index in [1.54, 1.807) is 18.2 Å². The molecule has 176 valence electrons. The van der Waals surface area contributed by atoms with Gasteiger partial charge in [-0.2, -0.15) is 0 Å². The van der Waals surface area contributed by atoms with Crippen LogP contribution in [-0.2, 0) is 14.4 Å². The minimum atomic E-state index is -2.48. The molecule has 0 aromatic heterocycles. The predicted molar refractivity (Wildman–Crippen MR) is 119 cm³/mol. The highest BCUT2D eigenvalue weighted by molar-refractivity contribution is 6.01. The van der Waals surface area contributed by atoms with Gasteiger partial charge in [0.2, 0.25) is 17.7 Å². The number of halogens is 2. The number of hydrogen-bond donors (Lipinski definition) is 2. The zero-order valence-electron chi connectivity index (χ0n) is 18.5. The second kappa shape index (κ2) is 11.5. The molecule has 0 spiro atoms. The number of carbonyl (C=O) groups excluding carboxylic acids is 3. The Labute approximate surface area is 188 Å². The lowest BCUT2D eigenvalue weighted by atomic mass is 9.90. The molecule has 3 rings (SSSR count). The van der Waals surface area contributed by atoms with E-state index < -0.39 is 5.92 Å². The van der Waals surface area contributed by atoms with Gasteiger partial charge in [-0.05, 0) is 43.5 Å². The van der Waals surface area contributed by atoms with E-state index in [1.165, 1.54) is 0 Å². The summed E-state index contributed by atoms with van der Waals surface area (Å²) in [6.45, 7) is 1.84. The van der Waals surface area contributed by atoms with Crippen LogP contribution in [0.4, 0.5) is 14.5 Å². The Morgan fingerprint density at radius 2 is 1.81 bits per heavy atom. The first-order chi connectivity index (χ1) is 15.3. The summed E-state index contributed by atoms with van der Waals surface area (Å²) in [5.41, 5.74) is 1.45. The van der Waals surface area contributed by atoms with Crippen molar-refractivity contribution in [1.29, 1.82) is 0 Å². The average Bonchev–Trinajstić information content (AvgIpc) is 2.74. The molecule has 2 aliphatic rings. The van der Waals surface area contributed by atoms with Gasteiger partial charge >= 0.3 is 0 Å². The molecule has 2 fully saturated rings. The number of alkyl halides is 2. The highest BCUT2D eigenvalue weighted by Crippen LogP contribution is 2.28. The molecule has 1 aromatic carbocycles. The van der Waals surface area contributed by atoms with Crippen molar-refractivity contribution in [3.05, 3.63) is 29.8 Å². The van der Waals surface area contributed by atoms with E-state index in [9.17, 15) is 23.2 Å². The fourth-order valence-electron chi connectivity index (χ4n) is 4.32. The molecule has 0 bridgehead atoms. The first-order valence-electron chi connectivity index (χ1n) is 11.7. The Morgan fingerprint density at radius 1 is 1.09 bits per heavy atom. The molecular formula is C24H33F2N3O3. The number of anilines is 1. The van der Waals surface area contributed by atoms with Crippen molar-refractivity contribution in [1.82, 2.24) is 10.2 Å². The molecule has 0 aliphatic carbocycles. The second-order valence-corrected chi connectivity index (χ2v) is 8.89. The molecule has 3 amide bonds. The number of nitrogens with one attached hydrogen (secondary N) is 2. The number of nitrogens with zero attached hydrogens (tertiary/aromatic N) is 1. The van der Waals surface area contributed by atoms with Crippen molar-refractivity contribution in [2.24, 2.45) is 0 Å². The first-order valence-corrected chi connectivity index (χ1v) is 11.7. The molecule has 1 unspecified atom stereocenters. The molecule has 2 N–H and O–H groups in total. The van der Waals surface area contributed by atoms with Gasteiger partial charge in [0.05, 0.1) is 5.92 Å². The zero-order valence-corrected chi connectivity index (χ0v) is 18.5. The summed E-state index contributed by atoms with van der Waals surface area (Å²) in [6, 6.07) is 7.24. The van der Waals surface area contributed by atoms with Gasteiger partial charge in [0.15, 0.2) is 0 Å². The lowest BCUT2D eigenvalue weighted by Gasteiger charge is -2.31. The van der Waals surface area contributed by atoms with E-state index in [-0.39, 0.29) is 36.5 Å². The summed E-state index contributed by atoms with van der Waals surface area (Å²) in [5.74, 6) is -3.44. The van der Waals surface area contributed by atoms with Gasteiger partial charge in [0.1, 0.15) is 0 Å². The van der Waals surface area contributed by atoms with Crippen LogP contribution < -0.4 is 10.6 Å². The van der Waals surface area contributed by atoms with Gasteiger partial charge < -0.3 is 10.2 Å². The van der Waals surface area contributed by atoms with E-state index in [0.29, 0.717) is 38.0 Å². The summed E-state index contributed by atoms with van der Waals surface area (Å²) < 4.78 is 26.3. The fraction of sp³-hybridized carbons (Fsp3) is 0.625. The molecular weight excluding hydrogens is 416 g/mol. The minimum absolute atomic E-state index is 0.0292. The Hall–Kier alpha value is -2.35. The van der Waals surface area contributed by atoms with Gasteiger partial charge in [-0.15, -0.1) is 0 Å². The van der Waals surface area contributed by atoms with Gasteiger partial charge in [-0.1, -0.05) is 31.4 Å². The number of unbranched alkanes of at least 4 members (excludes halogenated alkanes) is 4. The van der Waals surface area contributed by atoms with Gasteiger partial charge in [-0.3, -0.25) is 19.7 Å². The second-order valence-electron chi connectivity index (χ2n) is 8.89. The standard InChI is InChI=1S/C24H33F2N3O3/c25-24(26)12-15-29(16-13-24)14-5-3-1-2-4-9-21(30)27-19-8-6-7-18(17-19)20-10-11-22(31)28-23(20)32/h6-8,17,20H,1-5,9-16H2,(H,27,30)(H,28,31,32). The smallest absolute Gasteiger partial charge is 0.250 e. The molecule has 1 atom stereocenters. The Bertz CT molecular complexity index is 805. The van der Waals surface area contributed by atoms with Crippen LogP contribution in [0.25, 0.3) is 0 Å². The fourth-order valence-corrected chi connectivity index (χ4v) is 4.32. The van der Waals surface area contributed by atoms with Crippen molar-refractivity contribution >= 4 is 23.4 Å². The van der Waals surface area contributed by atoms with Crippen LogP contribution in [0, 0.1) is 0 Å². The Kier molecular flexibility index (Phi) is 8.73. The van der Waals surface area contributed by atoms with Crippen molar-refractivity contribution in [3.63, 3.8) is 0 Å². The van der Waals surface area contributed by atoms with Crippen LogP contribution in [0.1, 0.15) is 75.7 Å². The molecule has 8 heteroatoms. The number of likely N-dealkylation sites (tertiary alicyclic amines) is 1. The van der Waals surface area contributed by atoms with Crippen LogP contribution in [0.3, 0.4) is 0 Å². The van der Waals surface area contributed by atoms with Gasteiger partial charge in [0, 0.05) is 44.5 Å². The molecule has 1 aromatic rings. The van der Waals surface area contributed by atoms with Crippen LogP contribution in [0.5, 0.6) is 0 Å². The third kappa shape index (κ3) is 7.65. The van der Waals surface area contributed by atoms with Crippen molar-refractivity contribution in [2.75, 3.05) is 25.0 Å². The van der Waals surface area contributed by atoms with Crippen molar-refractivity contribution in [3.8, 4) is 0 Å². The van der Waals surface area contributed by atoms with E-state index in [2.05, 4.69) is 15.5 Å². The molecule has 32 heavy (non-hydrogen) atoms. The molecule has 2 heterocycles. The zero-order chi connectivity index (χ0) is 23.0. The lowest BCUT2D eigenvalue weighted by Crippen LogP contribution is -2.39. The monoisotopic (exact) mass is 449 g/mol. The van der Waals surface area contributed by atoms with E-state index in [4.69, 9.17) is 0 Å². The summed E-state index contributed by atoms with van der Waals surface area (Å²) in [6.07, 6.45) is 6.01. The highest BCUT2D eigenvalue weighted by Gasteiger charge is 2.33. The highest BCUT2D eigenvalue weighted by atomic mass is 19.3. The van der Waals surface area contributed by atoms with Crippen molar-refractivity contribution < 1.29 is 23.2 Å². The maximum Gasteiger partial charge on any atom is 0.250 e. The summed E-state index contributed by atoms with van der Waals surface area (Å²) in [5, 5.41) is 5.25. The van der Waals surface area contributed by atoms with E-state index >= 15 is 0 Å². The summed E-state index contributed by atoms with van der Waals surface area (Å²) in [4.78, 5) is 37.7. The number of amides is 3. The Balaban J connectivity index is 1.28. The maximum absolute atomic E-state index is 13.2. The van der Waals surface area contributed by atoms with Crippen LogP contribution in [0.15, 0.2) is 24.3 Å². The molecule has 0 saturated carbocycles. The quantitative estimate of drug-likeness (QED) is 0.414. The third-order valence-electron chi connectivity index (χ3n) is 6.28. The summed E-state index contributed by atoms with van der Waals surface area (Å²) >= 11 is 0. The largest absolute Gasteiger partial charge is 0.326 e. The SMILES string of the molecule is O=C1CCC(c2cccc(NC(=O)CCCCCCCN3CCC(F)(F)CC3)c2)C(=O)N1. The summed E-state index contributed by atoms with van der Waals surface area (Å²) in [7, 11) is 0. The molecule has 0 radical (unpaired) electrons. The van der Waals surface area contributed by atoms with Crippen LogP contribution >= 0.6 is 0 Å². The lowest BCUT2D eigenvalue weighted by molar-refractivity contribution is -0.134. The van der Waals surface area contributed by atoms with Crippen LogP contribution in [0.2, 0.25) is 0 Å². The predicted octanol–water partition coefficient (Wildman–Crippen LogP) is 4.22. The first kappa shape index (κ1) is 24.3. The Morgan fingerprint density at radius 3 is 2.56 bits per heavy atom. The maximum atomic E-state index is 13.2.